The van der Waals surface area contributed by atoms with Gasteiger partial charge in [-0.1, -0.05) is 12.8 Å². The summed E-state index contributed by atoms with van der Waals surface area (Å²) in [4.78, 5) is 13.2. The Bertz CT molecular complexity index is 290. The van der Waals surface area contributed by atoms with E-state index in [-0.39, 0.29) is 11.5 Å². The average molecular weight is 241 g/mol. The Balaban J connectivity index is 2.10. The van der Waals surface area contributed by atoms with Crippen molar-refractivity contribution in [2.45, 2.75) is 38.6 Å². The van der Waals surface area contributed by atoms with Gasteiger partial charge in [-0.25, -0.2) is 0 Å². The monoisotopic (exact) mass is 241 g/mol. The second kappa shape index (κ2) is 4.94. The van der Waals surface area contributed by atoms with Crippen molar-refractivity contribution in [3.8, 4) is 0 Å². The molecule has 0 radical (unpaired) electrons. The molecule has 1 saturated carbocycles. The lowest BCUT2D eigenvalue weighted by Crippen LogP contribution is -2.40. The Morgan fingerprint density at radius 2 is 2.35 bits per heavy atom. The molecule has 98 valence electrons. The van der Waals surface area contributed by atoms with E-state index in [1.54, 1.807) is 14.0 Å². The average Bonchev–Trinajstić information content (AvgIpc) is 2.67. The highest BCUT2D eigenvalue weighted by molar-refractivity contribution is 5.72. The number of rotatable bonds is 4. The summed E-state index contributed by atoms with van der Waals surface area (Å²) in [5, 5.41) is 9.12. The van der Waals surface area contributed by atoms with E-state index < -0.39 is 5.97 Å². The van der Waals surface area contributed by atoms with Crippen molar-refractivity contribution in [2.24, 2.45) is 11.3 Å². The van der Waals surface area contributed by atoms with Crippen LogP contribution < -0.4 is 0 Å². The lowest BCUT2D eigenvalue weighted by molar-refractivity contribution is -0.142. The van der Waals surface area contributed by atoms with E-state index in [0.29, 0.717) is 5.92 Å². The number of fused-ring (bicyclic) bond motifs is 1. The van der Waals surface area contributed by atoms with Gasteiger partial charge in [0.1, 0.15) is 6.04 Å². The van der Waals surface area contributed by atoms with Crippen molar-refractivity contribution in [3.63, 3.8) is 0 Å². The number of carboxylic acids is 1. The van der Waals surface area contributed by atoms with E-state index >= 15 is 0 Å². The molecule has 1 aliphatic heterocycles. The number of nitrogens with zero attached hydrogens (tertiary/aromatic N) is 1. The number of methoxy groups -OCH3 is 1. The topological polar surface area (TPSA) is 49.8 Å². The van der Waals surface area contributed by atoms with E-state index in [1.807, 2.05) is 0 Å². The molecule has 0 aromatic heterocycles. The Morgan fingerprint density at radius 3 is 3.00 bits per heavy atom. The highest BCUT2D eigenvalue weighted by Gasteiger charge is 2.49. The first-order chi connectivity index (χ1) is 8.09. The normalized spacial score (nSPS) is 35.5. The molecular formula is C13H23NO3. The quantitative estimate of drug-likeness (QED) is 0.812. The van der Waals surface area contributed by atoms with Crippen LogP contribution in [0.2, 0.25) is 0 Å². The van der Waals surface area contributed by atoms with Crippen LogP contribution in [0.15, 0.2) is 0 Å². The summed E-state index contributed by atoms with van der Waals surface area (Å²) < 4.78 is 5.40. The van der Waals surface area contributed by atoms with Gasteiger partial charge in [0.15, 0.2) is 0 Å². The molecule has 0 aromatic carbocycles. The summed E-state index contributed by atoms with van der Waals surface area (Å²) in [5.41, 5.74) is 0.219. The molecule has 3 atom stereocenters. The summed E-state index contributed by atoms with van der Waals surface area (Å²) in [7, 11) is 1.75. The van der Waals surface area contributed by atoms with Crippen LogP contribution in [0, 0.1) is 11.3 Å². The molecule has 1 aliphatic carbocycles. The number of aliphatic carboxylic acids is 1. The number of hydrogen-bond acceptors (Lipinski definition) is 3. The third-order valence-corrected chi connectivity index (χ3v) is 4.65. The summed E-state index contributed by atoms with van der Waals surface area (Å²) >= 11 is 0. The zero-order valence-electron chi connectivity index (χ0n) is 10.8. The fraction of sp³-hybridized carbons (Fsp3) is 0.923. The lowest BCUT2D eigenvalue weighted by atomic mass is 9.69. The van der Waals surface area contributed by atoms with Gasteiger partial charge in [-0.3, -0.25) is 9.69 Å². The second-order valence-electron chi connectivity index (χ2n) is 5.68. The summed E-state index contributed by atoms with van der Waals surface area (Å²) in [6.07, 6.45) is 4.96. The number of likely N-dealkylation sites (tertiary alicyclic amines) is 1. The summed E-state index contributed by atoms with van der Waals surface area (Å²) in [5.74, 6) is -0.0887. The van der Waals surface area contributed by atoms with E-state index in [1.165, 1.54) is 25.7 Å². The molecule has 0 spiro atoms. The third-order valence-electron chi connectivity index (χ3n) is 4.65. The van der Waals surface area contributed by atoms with Gasteiger partial charge in [0, 0.05) is 25.6 Å². The molecule has 2 aliphatic rings. The molecule has 1 heterocycles. The van der Waals surface area contributed by atoms with E-state index in [2.05, 4.69) is 4.90 Å². The van der Waals surface area contributed by atoms with Gasteiger partial charge >= 0.3 is 5.97 Å². The minimum Gasteiger partial charge on any atom is -0.480 e. The Labute approximate surface area is 103 Å². The molecule has 0 unspecified atom stereocenters. The van der Waals surface area contributed by atoms with E-state index in [0.717, 1.165) is 19.7 Å². The van der Waals surface area contributed by atoms with Crippen LogP contribution in [-0.2, 0) is 9.53 Å². The zero-order valence-corrected chi connectivity index (χ0v) is 10.8. The van der Waals surface area contributed by atoms with Crippen LogP contribution in [0.3, 0.4) is 0 Å². The maximum Gasteiger partial charge on any atom is 0.320 e. The number of hydrogen-bond donors (Lipinski definition) is 1. The SMILES string of the molecule is COC[C@]12CCCC[C@@H]1CN([C@H](C)C(=O)O)C2. The highest BCUT2D eigenvalue weighted by atomic mass is 16.5. The summed E-state index contributed by atoms with van der Waals surface area (Å²) in [6, 6.07) is -0.366. The van der Waals surface area contributed by atoms with Crippen LogP contribution >= 0.6 is 0 Å². The molecule has 2 fully saturated rings. The third kappa shape index (κ3) is 2.33. The molecular weight excluding hydrogens is 218 g/mol. The van der Waals surface area contributed by atoms with Crippen LogP contribution in [0.25, 0.3) is 0 Å². The van der Waals surface area contributed by atoms with Crippen molar-refractivity contribution in [3.05, 3.63) is 0 Å². The molecule has 1 saturated heterocycles. The van der Waals surface area contributed by atoms with Gasteiger partial charge in [-0.15, -0.1) is 0 Å². The van der Waals surface area contributed by atoms with E-state index in [4.69, 9.17) is 9.84 Å². The van der Waals surface area contributed by atoms with Crippen LogP contribution in [0.4, 0.5) is 0 Å². The predicted molar refractivity (Wildman–Crippen MR) is 64.9 cm³/mol. The number of ether oxygens (including phenoxy) is 1. The lowest BCUT2D eigenvalue weighted by Gasteiger charge is -2.38. The first kappa shape index (κ1) is 12.8. The Kier molecular flexibility index (Phi) is 3.73. The number of carboxylic acid groups (broad SMARTS) is 1. The minimum absolute atomic E-state index is 0.219. The first-order valence-electron chi connectivity index (χ1n) is 6.55. The summed E-state index contributed by atoms with van der Waals surface area (Å²) in [6.45, 7) is 4.39. The van der Waals surface area contributed by atoms with Gasteiger partial charge in [0.2, 0.25) is 0 Å². The molecule has 4 heteroatoms. The standard InChI is InChI=1S/C13H23NO3/c1-10(12(15)16)14-7-11-5-3-4-6-13(11,8-14)9-17-2/h10-11H,3-9H2,1-2H3,(H,15,16)/t10-,11-,13-/m1/s1. The van der Waals surface area contributed by atoms with Crippen LogP contribution in [0.5, 0.6) is 0 Å². The van der Waals surface area contributed by atoms with Gasteiger partial charge in [0.25, 0.3) is 0 Å². The minimum atomic E-state index is -0.712. The largest absolute Gasteiger partial charge is 0.480 e. The second-order valence-corrected chi connectivity index (χ2v) is 5.68. The molecule has 0 aromatic rings. The fourth-order valence-corrected chi connectivity index (χ4v) is 3.60. The zero-order chi connectivity index (χ0) is 12.5. The number of carbonyl (C=O) groups is 1. The van der Waals surface area contributed by atoms with Crippen molar-refractivity contribution in [1.82, 2.24) is 4.90 Å². The smallest absolute Gasteiger partial charge is 0.320 e. The Morgan fingerprint density at radius 1 is 1.59 bits per heavy atom. The van der Waals surface area contributed by atoms with E-state index in [9.17, 15) is 4.79 Å². The molecule has 2 rings (SSSR count). The maximum atomic E-state index is 11.1. The van der Waals surface area contributed by atoms with Crippen molar-refractivity contribution >= 4 is 5.97 Å². The van der Waals surface area contributed by atoms with Crippen molar-refractivity contribution in [2.75, 3.05) is 26.8 Å². The molecule has 17 heavy (non-hydrogen) atoms. The van der Waals surface area contributed by atoms with Crippen LogP contribution in [0.1, 0.15) is 32.6 Å². The van der Waals surface area contributed by atoms with Crippen molar-refractivity contribution < 1.29 is 14.6 Å². The van der Waals surface area contributed by atoms with Gasteiger partial charge < -0.3 is 9.84 Å². The van der Waals surface area contributed by atoms with Crippen LogP contribution in [-0.4, -0.2) is 48.8 Å². The van der Waals surface area contributed by atoms with Crippen molar-refractivity contribution in [1.29, 1.82) is 0 Å². The maximum absolute atomic E-state index is 11.1. The fourth-order valence-electron chi connectivity index (χ4n) is 3.60. The Hall–Kier alpha value is -0.610. The molecule has 4 nitrogen and oxygen atoms in total. The molecule has 0 amide bonds. The molecule has 0 bridgehead atoms. The predicted octanol–water partition coefficient (Wildman–Crippen LogP) is 1.60. The van der Waals surface area contributed by atoms with Gasteiger partial charge in [0.05, 0.1) is 6.61 Å². The van der Waals surface area contributed by atoms with Gasteiger partial charge in [-0.05, 0) is 25.7 Å². The first-order valence-corrected chi connectivity index (χ1v) is 6.55. The highest BCUT2D eigenvalue weighted by Crippen LogP contribution is 2.47. The van der Waals surface area contributed by atoms with Gasteiger partial charge in [-0.2, -0.15) is 0 Å². The molecule has 1 N–H and O–H groups in total.